The Kier molecular flexibility index (Phi) is 8.89. The minimum absolute atomic E-state index is 0. The Morgan fingerprint density at radius 1 is 0.630 bits per heavy atom. The molecule has 4 aromatic heterocycles. The summed E-state index contributed by atoms with van der Waals surface area (Å²) in [5.41, 5.74) is 12.6. The van der Waals surface area contributed by atoms with E-state index in [0.717, 1.165) is 66.4 Å². The molecule has 227 valence electrons. The average molecular weight is 774 g/mol. The topological polar surface area (TPSA) is 51.8 Å². The van der Waals surface area contributed by atoms with Crippen molar-refractivity contribution >= 4 is 32.7 Å². The maximum Gasteiger partial charge on any atom is 0.129 e. The molecule has 0 amide bonds. The van der Waals surface area contributed by atoms with Crippen LogP contribution in [0.15, 0.2) is 120 Å². The van der Waals surface area contributed by atoms with Crippen LogP contribution in [0.3, 0.4) is 0 Å². The van der Waals surface area contributed by atoms with Crippen LogP contribution in [-0.4, -0.2) is 15.0 Å². The van der Waals surface area contributed by atoms with Crippen molar-refractivity contribution in [2.45, 2.75) is 27.7 Å². The van der Waals surface area contributed by atoms with Crippen LogP contribution in [-0.2, 0) is 20.1 Å². The molecule has 1 radical (unpaired) electrons. The SMILES string of the molecule is Cc1c[c-]c(-c2cc(C)c(C)cn2)cc1.Cc1ccc(-c2cccc3ccncc23)c2oc3c(-c4ccccn4)[c-]ccc3c12.[Ir]. The zero-order chi connectivity index (χ0) is 30.9. The number of aryl methyl sites for hydroxylation is 4. The van der Waals surface area contributed by atoms with Gasteiger partial charge in [-0.2, -0.15) is 0 Å². The molecular formula is C41H31IrN3O-2. The van der Waals surface area contributed by atoms with Crippen molar-refractivity contribution in [2.75, 3.05) is 0 Å². The summed E-state index contributed by atoms with van der Waals surface area (Å²) in [7, 11) is 0. The molecule has 0 saturated carbocycles. The Labute approximate surface area is 282 Å². The largest absolute Gasteiger partial charge is 0.500 e. The van der Waals surface area contributed by atoms with Gasteiger partial charge < -0.3 is 14.4 Å². The van der Waals surface area contributed by atoms with Gasteiger partial charge in [0.05, 0.1) is 5.58 Å². The summed E-state index contributed by atoms with van der Waals surface area (Å²) in [6.07, 6.45) is 7.46. The van der Waals surface area contributed by atoms with E-state index in [4.69, 9.17) is 4.42 Å². The van der Waals surface area contributed by atoms with Gasteiger partial charge in [-0.3, -0.25) is 4.98 Å². The van der Waals surface area contributed by atoms with Gasteiger partial charge in [-0.15, -0.1) is 53.6 Å². The van der Waals surface area contributed by atoms with Gasteiger partial charge in [0.25, 0.3) is 0 Å². The second-order valence-electron chi connectivity index (χ2n) is 11.4. The Morgan fingerprint density at radius 2 is 1.52 bits per heavy atom. The first kappa shape index (κ1) is 31.0. The molecular weight excluding hydrogens is 743 g/mol. The van der Waals surface area contributed by atoms with Crippen LogP contribution in [0.25, 0.3) is 66.4 Å². The zero-order valence-corrected chi connectivity index (χ0v) is 28.4. The molecule has 0 fully saturated rings. The number of benzene rings is 4. The van der Waals surface area contributed by atoms with Crippen molar-refractivity contribution in [3.8, 4) is 33.6 Å². The van der Waals surface area contributed by atoms with Crippen LogP contribution >= 0.6 is 0 Å². The minimum atomic E-state index is 0. The predicted octanol–water partition coefficient (Wildman–Crippen LogP) is 10.4. The molecule has 0 aliphatic rings. The fourth-order valence-electron chi connectivity index (χ4n) is 5.71. The van der Waals surface area contributed by atoms with Crippen LogP contribution in [0, 0.1) is 39.8 Å². The molecule has 8 rings (SSSR count). The van der Waals surface area contributed by atoms with Gasteiger partial charge in [0, 0.05) is 61.2 Å². The van der Waals surface area contributed by atoms with Crippen molar-refractivity contribution in [3.05, 3.63) is 150 Å². The van der Waals surface area contributed by atoms with Gasteiger partial charge in [-0.05, 0) is 66.4 Å². The number of fused-ring (bicyclic) bond motifs is 4. The first-order valence-corrected chi connectivity index (χ1v) is 15.0. The first-order valence-electron chi connectivity index (χ1n) is 15.0. The van der Waals surface area contributed by atoms with E-state index in [1.54, 1.807) is 6.20 Å². The van der Waals surface area contributed by atoms with E-state index in [1.807, 2.05) is 55.0 Å². The number of aromatic nitrogens is 3. The quantitative estimate of drug-likeness (QED) is 0.168. The molecule has 0 spiro atoms. The first-order chi connectivity index (χ1) is 22.0. The summed E-state index contributed by atoms with van der Waals surface area (Å²) >= 11 is 0. The van der Waals surface area contributed by atoms with Gasteiger partial charge in [0.1, 0.15) is 5.58 Å². The summed E-state index contributed by atoms with van der Waals surface area (Å²) in [5, 5.41) is 4.49. The van der Waals surface area contributed by atoms with Crippen molar-refractivity contribution in [1.82, 2.24) is 15.0 Å². The molecule has 0 saturated heterocycles. The fourth-order valence-corrected chi connectivity index (χ4v) is 5.71. The second kappa shape index (κ2) is 13.2. The van der Waals surface area contributed by atoms with Crippen LogP contribution in [0.1, 0.15) is 22.3 Å². The Hall–Kier alpha value is -4.96. The third-order valence-corrected chi connectivity index (χ3v) is 8.30. The van der Waals surface area contributed by atoms with Gasteiger partial charge in [-0.25, -0.2) is 0 Å². The summed E-state index contributed by atoms with van der Waals surface area (Å²) < 4.78 is 6.56. The normalized spacial score (nSPS) is 10.9. The standard InChI is InChI=1S/C27H17N2O.C14H14N.Ir/c1-17-11-12-20(19-7-4-6-18-13-15-28-16-23(18)19)27-25(17)22-9-5-8-21(26(22)30-27)24-10-2-3-14-29-24;1-10-4-6-13(7-5-10)14-8-11(2)12(3)9-15-14;/h2-7,9-16H,1H3;4-6,8-9H,1-3H3;/q2*-1;. The Bertz CT molecular complexity index is 2300. The van der Waals surface area contributed by atoms with Gasteiger partial charge in [0.2, 0.25) is 0 Å². The predicted molar refractivity (Wildman–Crippen MR) is 184 cm³/mol. The number of hydrogen-bond donors (Lipinski definition) is 0. The molecule has 0 bridgehead atoms. The van der Waals surface area contributed by atoms with Crippen LogP contribution in [0.4, 0.5) is 0 Å². The van der Waals surface area contributed by atoms with Crippen molar-refractivity contribution in [2.24, 2.45) is 0 Å². The van der Waals surface area contributed by atoms with Crippen LogP contribution in [0.2, 0.25) is 0 Å². The zero-order valence-electron chi connectivity index (χ0n) is 26.1. The van der Waals surface area contributed by atoms with Crippen LogP contribution < -0.4 is 0 Å². The Morgan fingerprint density at radius 3 is 2.30 bits per heavy atom. The minimum Gasteiger partial charge on any atom is -0.500 e. The van der Waals surface area contributed by atoms with E-state index in [2.05, 4.69) is 109 Å². The number of nitrogens with zero attached hydrogens (tertiary/aromatic N) is 3. The maximum atomic E-state index is 6.56. The van der Waals surface area contributed by atoms with E-state index >= 15 is 0 Å². The van der Waals surface area contributed by atoms with Gasteiger partial charge in [0.15, 0.2) is 0 Å². The van der Waals surface area contributed by atoms with E-state index in [1.165, 1.54) is 22.3 Å². The van der Waals surface area contributed by atoms with Crippen molar-refractivity contribution in [3.63, 3.8) is 0 Å². The molecule has 0 atom stereocenters. The van der Waals surface area contributed by atoms with Gasteiger partial charge in [-0.1, -0.05) is 72.0 Å². The molecule has 0 unspecified atom stereocenters. The fraction of sp³-hybridized carbons (Fsp3) is 0.0976. The van der Waals surface area contributed by atoms with E-state index in [9.17, 15) is 0 Å². The van der Waals surface area contributed by atoms with E-state index < -0.39 is 0 Å². The third-order valence-electron chi connectivity index (χ3n) is 8.30. The summed E-state index contributed by atoms with van der Waals surface area (Å²) in [4.78, 5) is 13.3. The number of rotatable bonds is 3. The summed E-state index contributed by atoms with van der Waals surface area (Å²) in [5.74, 6) is 0. The molecule has 5 heteroatoms. The smallest absolute Gasteiger partial charge is 0.129 e. The number of pyridine rings is 3. The maximum absolute atomic E-state index is 6.56. The third kappa shape index (κ3) is 5.88. The molecule has 4 aromatic carbocycles. The molecule has 4 heterocycles. The monoisotopic (exact) mass is 774 g/mol. The molecule has 0 N–H and O–H groups in total. The average Bonchev–Trinajstić information content (AvgIpc) is 3.48. The molecule has 4 nitrogen and oxygen atoms in total. The van der Waals surface area contributed by atoms with Crippen molar-refractivity contribution < 1.29 is 24.5 Å². The summed E-state index contributed by atoms with van der Waals surface area (Å²) in [6, 6.07) is 37.4. The molecule has 46 heavy (non-hydrogen) atoms. The van der Waals surface area contributed by atoms with Gasteiger partial charge >= 0.3 is 0 Å². The molecule has 0 aliphatic heterocycles. The Balaban J connectivity index is 0.000000197. The second-order valence-corrected chi connectivity index (χ2v) is 11.4. The van der Waals surface area contributed by atoms with Crippen molar-refractivity contribution in [1.29, 1.82) is 0 Å². The molecule has 0 aliphatic carbocycles. The molecule has 8 aromatic rings. The van der Waals surface area contributed by atoms with E-state index in [-0.39, 0.29) is 20.1 Å². The number of hydrogen-bond acceptors (Lipinski definition) is 4. The summed E-state index contributed by atoms with van der Waals surface area (Å²) in [6.45, 7) is 8.37. The number of furan rings is 1. The van der Waals surface area contributed by atoms with Crippen LogP contribution in [0.5, 0.6) is 0 Å². The van der Waals surface area contributed by atoms with E-state index in [0.29, 0.717) is 0 Å².